The molecule has 0 bridgehead atoms. The summed E-state index contributed by atoms with van der Waals surface area (Å²) in [6.45, 7) is 8.90. The Labute approximate surface area is 117 Å². The van der Waals surface area contributed by atoms with Crippen molar-refractivity contribution in [1.82, 2.24) is 9.97 Å². The van der Waals surface area contributed by atoms with Gasteiger partial charge in [-0.05, 0) is 41.9 Å². The maximum absolute atomic E-state index is 5.92. The molecule has 17 heavy (non-hydrogen) atoms. The van der Waals surface area contributed by atoms with Crippen LogP contribution in [0.25, 0.3) is 0 Å². The number of anilines is 1. The molecule has 0 saturated heterocycles. The Morgan fingerprint density at radius 1 is 1.29 bits per heavy atom. The van der Waals surface area contributed by atoms with Gasteiger partial charge in [0.05, 0.1) is 9.26 Å². The summed E-state index contributed by atoms with van der Waals surface area (Å²) in [4.78, 5) is 8.92. The van der Waals surface area contributed by atoms with E-state index in [1.165, 1.54) is 0 Å². The zero-order valence-electron chi connectivity index (χ0n) is 10.8. The number of halogens is 1. The lowest BCUT2D eigenvalue weighted by Crippen LogP contribution is -2.17. The van der Waals surface area contributed by atoms with Crippen LogP contribution in [0.1, 0.15) is 45.3 Å². The molecule has 0 spiro atoms. The minimum atomic E-state index is -0.0791. The Morgan fingerprint density at radius 3 is 2.41 bits per heavy atom. The minimum Gasteiger partial charge on any atom is -0.383 e. The Morgan fingerprint density at radius 2 is 1.94 bits per heavy atom. The van der Waals surface area contributed by atoms with Gasteiger partial charge >= 0.3 is 0 Å². The SMILES string of the molecule is CCOC(c1nc(N)c(I)c(CC)n1)C(C)C. The van der Waals surface area contributed by atoms with E-state index in [-0.39, 0.29) is 6.10 Å². The van der Waals surface area contributed by atoms with Crippen molar-refractivity contribution in [3.05, 3.63) is 15.1 Å². The first-order chi connectivity index (χ1) is 8.01. The van der Waals surface area contributed by atoms with E-state index in [0.29, 0.717) is 24.2 Å². The molecule has 0 saturated carbocycles. The number of aryl methyl sites for hydroxylation is 1. The highest BCUT2D eigenvalue weighted by Gasteiger charge is 2.21. The van der Waals surface area contributed by atoms with E-state index in [1.54, 1.807) is 0 Å². The highest BCUT2D eigenvalue weighted by Crippen LogP contribution is 2.26. The second kappa shape index (κ2) is 6.49. The number of rotatable bonds is 5. The Balaban J connectivity index is 3.15. The molecule has 0 aromatic carbocycles. The molecule has 4 nitrogen and oxygen atoms in total. The zero-order chi connectivity index (χ0) is 13.0. The molecule has 1 aromatic rings. The standard InChI is InChI=1S/C12H20IN3O/c1-5-8-9(13)11(14)16-12(15-8)10(7(3)4)17-6-2/h7,10H,5-6H2,1-4H3,(H2,14,15,16). The van der Waals surface area contributed by atoms with E-state index in [4.69, 9.17) is 10.5 Å². The number of hydrogen-bond acceptors (Lipinski definition) is 4. The number of aromatic nitrogens is 2. The van der Waals surface area contributed by atoms with Gasteiger partial charge in [-0.2, -0.15) is 0 Å². The highest BCUT2D eigenvalue weighted by atomic mass is 127. The molecule has 5 heteroatoms. The van der Waals surface area contributed by atoms with Gasteiger partial charge in [-0.25, -0.2) is 9.97 Å². The van der Waals surface area contributed by atoms with Crippen LogP contribution in [-0.2, 0) is 11.2 Å². The van der Waals surface area contributed by atoms with Crippen molar-refractivity contribution in [2.24, 2.45) is 5.92 Å². The predicted octanol–water partition coefficient (Wildman–Crippen LogP) is 2.96. The first kappa shape index (κ1) is 14.6. The predicted molar refractivity (Wildman–Crippen MR) is 77.7 cm³/mol. The third kappa shape index (κ3) is 3.51. The van der Waals surface area contributed by atoms with Crippen LogP contribution in [0.15, 0.2) is 0 Å². The summed E-state index contributed by atoms with van der Waals surface area (Å²) in [7, 11) is 0. The normalized spacial score (nSPS) is 13.1. The second-order valence-corrected chi connectivity index (χ2v) is 5.28. The molecular formula is C12H20IN3O. The molecule has 0 aliphatic carbocycles. The molecule has 1 heterocycles. The van der Waals surface area contributed by atoms with Crippen LogP contribution < -0.4 is 5.73 Å². The zero-order valence-corrected chi connectivity index (χ0v) is 13.0. The molecule has 0 fully saturated rings. The third-order valence-corrected chi connectivity index (χ3v) is 3.68. The summed E-state index contributed by atoms with van der Waals surface area (Å²) in [6.07, 6.45) is 0.777. The van der Waals surface area contributed by atoms with Crippen molar-refractivity contribution in [3.63, 3.8) is 0 Å². The quantitative estimate of drug-likeness (QED) is 0.831. The number of nitrogens with zero attached hydrogens (tertiary/aromatic N) is 2. The summed E-state index contributed by atoms with van der Waals surface area (Å²) in [5, 5.41) is 0. The molecule has 0 aliphatic heterocycles. The van der Waals surface area contributed by atoms with E-state index >= 15 is 0 Å². The number of hydrogen-bond donors (Lipinski definition) is 1. The molecule has 96 valence electrons. The molecule has 0 amide bonds. The molecule has 0 aliphatic rings. The smallest absolute Gasteiger partial charge is 0.160 e. The number of nitrogen functional groups attached to an aromatic ring is 1. The average molecular weight is 349 g/mol. The molecular weight excluding hydrogens is 329 g/mol. The van der Waals surface area contributed by atoms with Crippen molar-refractivity contribution in [1.29, 1.82) is 0 Å². The van der Waals surface area contributed by atoms with Crippen molar-refractivity contribution < 1.29 is 4.74 Å². The van der Waals surface area contributed by atoms with Gasteiger partial charge in [-0.3, -0.25) is 0 Å². The fourth-order valence-corrected chi connectivity index (χ4v) is 2.26. The van der Waals surface area contributed by atoms with Gasteiger partial charge in [-0.1, -0.05) is 20.8 Å². The van der Waals surface area contributed by atoms with E-state index in [0.717, 1.165) is 15.7 Å². The van der Waals surface area contributed by atoms with Gasteiger partial charge in [0.15, 0.2) is 5.82 Å². The van der Waals surface area contributed by atoms with Crippen molar-refractivity contribution >= 4 is 28.4 Å². The number of nitrogens with two attached hydrogens (primary N) is 1. The fourth-order valence-electron chi connectivity index (χ4n) is 1.64. The van der Waals surface area contributed by atoms with Gasteiger partial charge in [0.2, 0.25) is 0 Å². The largest absolute Gasteiger partial charge is 0.383 e. The van der Waals surface area contributed by atoms with E-state index in [9.17, 15) is 0 Å². The fraction of sp³-hybridized carbons (Fsp3) is 0.667. The van der Waals surface area contributed by atoms with Crippen LogP contribution in [0.5, 0.6) is 0 Å². The lowest BCUT2D eigenvalue weighted by Gasteiger charge is -2.20. The van der Waals surface area contributed by atoms with E-state index in [1.807, 2.05) is 6.92 Å². The van der Waals surface area contributed by atoms with E-state index < -0.39 is 0 Å². The van der Waals surface area contributed by atoms with Crippen molar-refractivity contribution in [2.75, 3.05) is 12.3 Å². The molecule has 1 rings (SSSR count). The van der Waals surface area contributed by atoms with Crippen LogP contribution in [0.3, 0.4) is 0 Å². The van der Waals surface area contributed by atoms with Gasteiger partial charge in [0.1, 0.15) is 11.9 Å². The summed E-state index contributed by atoms with van der Waals surface area (Å²) in [6, 6.07) is 0. The first-order valence-corrected chi connectivity index (χ1v) is 7.02. The van der Waals surface area contributed by atoms with Crippen molar-refractivity contribution in [2.45, 2.75) is 40.2 Å². The van der Waals surface area contributed by atoms with E-state index in [2.05, 4.69) is 53.3 Å². The average Bonchev–Trinajstić information content (AvgIpc) is 2.29. The van der Waals surface area contributed by atoms with Gasteiger partial charge in [0.25, 0.3) is 0 Å². The topological polar surface area (TPSA) is 61.0 Å². The molecule has 2 N–H and O–H groups in total. The minimum absolute atomic E-state index is 0.0791. The maximum Gasteiger partial charge on any atom is 0.160 e. The molecule has 1 aromatic heterocycles. The van der Waals surface area contributed by atoms with Crippen LogP contribution in [-0.4, -0.2) is 16.6 Å². The van der Waals surface area contributed by atoms with Crippen molar-refractivity contribution in [3.8, 4) is 0 Å². The van der Waals surface area contributed by atoms with Gasteiger partial charge < -0.3 is 10.5 Å². The Bertz CT molecular complexity index is 382. The Hall–Kier alpha value is -0.430. The van der Waals surface area contributed by atoms with Gasteiger partial charge in [0, 0.05) is 6.61 Å². The lowest BCUT2D eigenvalue weighted by molar-refractivity contribution is 0.0231. The maximum atomic E-state index is 5.92. The molecule has 1 atom stereocenters. The monoisotopic (exact) mass is 349 g/mol. The van der Waals surface area contributed by atoms with Gasteiger partial charge in [-0.15, -0.1) is 0 Å². The van der Waals surface area contributed by atoms with Crippen LogP contribution >= 0.6 is 22.6 Å². The molecule has 0 radical (unpaired) electrons. The van der Waals surface area contributed by atoms with Crippen LogP contribution in [0.4, 0.5) is 5.82 Å². The first-order valence-electron chi connectivity index (χ1n) is 5.94. The summed E-state index contributed by atoms with van der Waals surface area (Å²) < 4.78 is 6.65. The second-order valence-electron chi connectivity index (χ2n) is 4.20. The Kier molecular flexibility index (Phi) is 5.58. The van der Waals surface area contributed by atoms with Crippen LogP contribution in [0.2, 0.25) is 0 Å². The van der Waals surface area contributed by atoms with Crippen LogP contribution in [0, 0.1) is 9.49 Å². The summed E-state index contributed by atoms with van der Waals surface area (Å²) in [5.74, 6) is 1.59. The highest BCUT2D eigenvalue weighted by molar-refractivity contribution is 14.1. The lowest BCUT2D eigenvalue weighted by atomic mass is 10.1. The number of ether oxygens (including phenoxy) is 1. The third-order valence-electron chi connectivity index (χ3n) is 2.50. The summed E-state index contributed by atoms with van der Waals surface area (Å²) in [5.41, 5.74) is 6.92. The summed E-state index contributed by atoms with van der Waals surface area (Å²) >= 11 is 2.19. The molecule has 1 unspecified atom stereocenters.